The Hall–Kier alpha value is -1.18. The first-order valence-corrected chi connectivity index (χ1v) is 8.73. The largest absolute Gasteiger partial charge is 0.507 e. The quantitative estimate of drug-likeness (QED) is 0.618. The fourth-order valence-electron chi connectivity index (χ4n) is 2.88. The molecular weight excluding hydrogens is 327 g/mol. The zero-order valence-electron chi connectivity index (χ0n) is 14.6. The molecule has 0 aromatic heterocycles. The van der Waals surface area contributed by atoms with Crippen molar-refractivity contribution >= 4 is 23.2 Å². The summed E-state index contributed by atoms with van der Waals surface area (Å²) in [6.07, 6.45) is 0. The van der Waals surface area contributed by atoms with Gasteiger partial charge >= 0.3 is 0 Å². The van der Waals surface area contributed by atoms with Gasteiger partial charge < -0.3 is 5.11 Å². The molecule has 2 rings (SSSR count). The number of aromatic hydroxyl groups is 1. The molecule has 3 heteroatoms. The second-order valence-electron chi connectivity index (χ2n) is 6.79. The Bertz CT molecular complexity index is 746. The molecule has 0 saturated heterocycles. The molecule has 0 aliphatic heterocycles. The molecule has 0 atom stereocenters. The van der Waals surface area contributed by atoms with E-state index in [2.05, 4.69) is 33.8 Å². The number of rotatable bonds is 3. The molecule has 0 unspecified atom stereocenters. The molecule has 0 fully saturated rings. The maximum Gasteiger partial charge on any atom is 0.128 e. The molecule has 1 N–H and O–H groups in total. The van der Waals surface area contributed by atoms with Crippen LogP contribution in [0.1, 0.15) is 61.8 Å². The first-order valence-electron chi connectivity index (χ1n) is 7.97. The topological polar surface area (TPSA) is 20.2 Å². The minimum atomic E-state index is 0.255. The van der Waals surface area contributed by atoms with Crippen molar-refractivity contribution in [2.75, 3.05) is 0 Å². The maximum absolute atomic E-state index is 10.8. The highest BCUT2D eigenvalue weighted by Gasteiger charge is 2.21. The molecule has 0 spiro atoms. The Kier molecular flexibility index (Phi) is 5.33. The second-order valence-corrected chi connectivity index (χ2v) is 7.61. The molecule has 1 nitrogen and oxygen atoms in total. The molecule has 23 heavy (non-hydrogen) atoms. The van der Waals surface area contributed by atoms with E-state index >= 15 is 0 Å². The predicted octanol–water partition coefficient (Wildman–Crippen LogP) is 7.23. The van der Waals surface area contributed by atoms with Crippen LogP contribution in [-0.4, -0.2) is 5.11 Å². The van der Waals surface area contributed by atoms with Crippen LogP contribution in [0.15, 0.2) is 18.2 Å². The highest BCUT2D eigenvalue weighted by Crippen LogP contribution is 2.45. The summed E-state index contributed by atoms with van der Waals surface area (Å²) in [4.78, 5) is 0. The molecule has 2 aromatic rings. The number of benzene rings is 2. The SMILES string of the molecule is Cc1cc(-c2c(C(C)C)cc(Cl)c(C)c2O)c(C(C)C)cc1Cl. The smallest absolute Gasteiger partial charge is 0.128 e. The highest BCUT2D eigenvalue weighted by atomic mass is 35.5. The third-order valence-corrected chi connectivity index (χ3v) is 5.17. The van der Waals surface area contributed by atoms with E-state index in [0.29, 0.717) is 16.5 Å². The van der Waals surface area contributed by atoms with Crippen LogP contribution in [0.3, 0.4) is 0 Å². The summed E-state index contributed by atoms with van der Waals surface area (Å²) in [6.45, 7) is 12.3. The van der Waals surface area contributed by atoms with Gasteiger partial charge in [-0.05, 0) is 66.1 Å². The van der Waals surface area contributed by atoms with Gasteiger partial charge in [0.1, 0.15) is 5.75 Å². The van der Waals surface area contributed by atoms with E-state index in [0.717, 1.165) is 32.8 Å². The van der Waals surface area contributed by atoms with Crippen molar-refractivity contribution in [3.8, 4) is 16.9 Å². The van der Waals surface area contributed by atoms with Crippen LogP contribution >= 0.6 is 23.2 Å². The van der Waals surface area contributed by atoms with Crippen LogP contribution in [0.2, 0.25) is 10.0 Å². The van der Waals surface area contributed by atoms with Crippen molar-refractivity contribution in [2.24, 2.45) is 0 Å². The fraction of sp³-hybridized carbons (Fsp3) is 0.400. The van der Waals surface area contributed by atoms with Crippen LogP contribution in [0.4, 0.5) is 0 Å². The van der Waals surface area contributed by atoms with Crippen molar-refractivity contribution < 1.29 is 5.11 Å². The number of phenolic OH excluding ortho intramolecular Hbond substituents is 1. The molecule has 2 aromatic carbocycles. The monoisotopic (exact) mass is 350 g/mol. The summed E-state index contributed by atoms with van der Waals surface area (Å²) in [6, 6.07) is 6.07. The first-order chi connectivity index (χ1) is 10.6. The normalized spacial score (nSPS) is 11.6. The van der Waals surface area contributed by atoms with Gasteiger partial charge in [-0.3, -0.25) is 0 Å². The van der Waals surface area contributed by atoms with Crippen LogP contribution in [-0.2, 0) is 0 Å². The van der Waals surface area contributed by atoms with Gasteiger partial charge in [0.25, 0.3) is 0 Å². The summed E-state index contributed by atoms with van der Waals surface area (Å²) in [5, 5.41) is 12.2. The van der Waals surface area contributed by atoms with Gasteiger partial charge in [-0.2, -0.15) is 0 Å². The average molecular weight is 351 g/mol. The second kappa shape index (κ2) is 6.75. The lowest BCUT2D eigenvalue weighted by atomic mass is 9.84. The summed E-state index contributed by atoms with van der Waals surface area (Å²) in [5.74, 6) is 0.827. The van der Waals surface area contributed by atoms with E-state index in [9.17, 15) is 5.11 Å². The minimum absolute atomic E-state index is 0.255. The molecule has 0 aliphatic carbocycles. The van der Waals surface area contributed by atoms with Gasteiger partial charge in [0.15, 0.2) is 0 Å². The molecule has 0 radical (unpaired) electrons. The predicted molar refractivity (Wildman–Crippen MR) is 101 cm³/mol. The zero-order chi connectivity index (χ0) is 17.5. The number of phenols is 1. The van der Waals surface area contributed by atoms with Gasteiger partial charge in [0.2, 0.25) is 0 Å². The lowest BCUT2D eigenvalue weighted by molar-refractivity contribution is 0.472. The lowest BCUT2D eigenvalue weighted by Gasteiger charge is -2.22. The number of halogens is 2. The molecule has 0 heterocycles. The van der Waals surface area contributed by atoms with Crippen molar-refractivity contribution in [3.63, 3.8) is 0 Å². The molecule has 124 valence electrons. The van der Waals surface area contributed by atoms with Crippen LogP contribution in [0.25, 0.3) is 11.1 Å². The standard InChI is InChI=1S/C20H24Cl2O/c1-10(2)14-8-17(21)12(5)7-16(14)19-15(11(3)4)9-18(22)13(6)20(19)23/h7-11,23H,1-6H3. The maximum atomic E-state index is 10.8. The van der Waals surface area contributed by atoms with Gasteiger partial charge in [-0.1, -0.05) is 50.9 Å². The van der Waals surface area contributed by atoms with E-state index in [4.69, 9.17) is 23.2 Å². The Balaban J connectivity index is 2.91. The van der Waals surface area contributed by atoms with Gasteiger partial charge in [0.05, 0.1) is 0 Å². The fourth-order valence-corrected chi connectivity index (χ4v) is 3.26. The van der Waals surface area contributed by atoms with Crippen molar-refractivity contribution in [3.05, 3.63) is 50.5 Å². The summed E-state index contributed by atoms with van der Waals surface area (Å²) in [7, 11) is 0. The Labute approximate surface area is 149 Å². The van der Waals surface area contributed by atoms with Crippen molar-refractivity contribution in [1.29, 1.82) is 0 Å². The average Bonchev–Trinajstić information content (AvgIpc) is 2.46. The number of hydrogen-bond donors (Lipinski definition) is 1. The van der Waals surface area contributed by atoms with E-state index < -0.39 is 0 Å². The van der Waals surface area contributed by atoms with E-state index in [1.165, 1.54) is 0 Å². The third-order valence-electron chi connectivity index (χ3n) is 4.37. The molecule has 0 aliphatic rings. The molecule has 0 bridgehead atoms. The van der Waals surface area contributed by atoms with Crippen LogP contribution in [0, 0.1) is 13.8 Å². The first kappa shape index (κ1) is 18.2. The summed E-state index contributed by atoms with van der Waals surface area (Å²) in [5.41, 5.74) is 5.84. The van der Waals surface area contributed by atoms with Gasteiger partial charge in [0, 0.05) is 21.2 Å². The third kappa shape index (κ3) is 3.36. The van der Waals surface area contributed by atoms with Crippen molar-refractivity contribution in [1.82, 2.24) is 0 Å². The molecule has 0 amide bonds. The minimum Gasteiger partial charge on any atom is -0.507 e. The number of aryl methyl sites for hydroxylation is 1. The summed E-state index contributed by atoms with van der Waals surface area (Å²) >= 11 is 12.6. The highest BCUT2D eigenvalue weighted by molar-refractivity contribution is 6.32. The van der Waals surface area contributed by atoms with Crippen LogP contribution in [0.5, 0.6) is 5.75 Å². The van der Waals surface area contributed by atoms with Gasteiger partial charge in [-0.15, -0.1) is 0 Å². The molecular formula is C20H24Cl2O. The lowest BCUT2D eigenvalue weighted by Crippen LogP contribution is -2.00. The Morgan fingerprint density at radius 3 is 1.87 bits per heavy atom. The molecule has 0 saturated carbocycles. The summed E-state index contributed by atoms with van der Waals surface area (Å²) < 4.78 is 0. The zero-order valence-corrected chi connectivity index (χ0v) is 16.1. The van der Waals surface area contributed by atoms with Crippen LogP contribution < -0.4 is 0 Å². The van der Waals surface area contributed by atoms with Crippen molar-refractivity contribution in [2.45, 2.75) is 53.4 Å². The Morgan fingerprint density at radius 1 is 0.826 bits per heavy atom. The van der Waals surface area contributed by atoms with Gasteiger partial charge in [-0.25, -0.2) is 0 Å². The van der Waals surface area contributed by atoms with E-state index in [1.807, 2.05) is 26.0 Å². The van der Waals surface area contributed by atoms with E-state index in [-0.39, 0.29) is 11.7 Å². The Morgan fingerprint density at radius 2 is 1.35 bits per heavy atom. The number of hydrogen-bond acceptors (Lipinski definition) is 1. The van der Waals surface area contributed by atoms with E-state index in [1.54, 1.807) is 0 Å².